The topological polar surface area (TPSA) is 84.4 Å². The van der Waals surface area contributed by atoms with Crippen molar-refractivity contribution in [2.24, 2.45) is 0 Å². The molecule has 30 heavy (non-hydrogen) atoms. The molecule has 0 aliphatic carbocycles. The third kappa shape index (κ3) is 4.96. The number of rotatable bonds is 6. The number of ether oxygens (including phenoxy) is 1. The lowest BCUT2D eigenvalue weighted by Crippen LogP contribution is -2.39. The van der Waals surface area contributed by atoms with Gasteiger partial charge in [0.1, 0.15) is 11.6 Å². The van der Waals surface area contributed by atoms with Crippen LogP contribution < -0.4 is 10.1 Å². The molecule has 160 valence electrons. The molecule has 1 aromatic heterocycles. The van der Waals surface area contributed by atoms with E-state index >= 15 is 0 Å². The van der Waals surface area contributed by atoms with Crippen LogP contribution in [0.5, 0.6) is 5.75 Å². The molecule has 1 aliphatic rings. The van der Waals surface area contributed by atoms with Crippen molar-refractivity contribution in [2.45, 2.75) is 46.0 Å². The zero-order valence-corrected chi connectivity index (χ0v) is 18.2. The van der Waals surface area contributed by atoms with E-state index in [4.69, 9.17) is 14.7 Å². The smallest absolute Gasteiger partial charge is 0.254 e. The minimum Gasteiger partial charge on any atom is -0.497 e. The number of hydrogen-bond acceptors (Lipinski definition) is 5. The number of hydrogen-bond donors (Lipinski definition) is 1. The summed E-state index contributed by atoms with van der Waals surface area (Å²) in [6, 6.07) is 7.25. The van der Waals surface area contributed by atoms with Crippen molar-refractivity contribution in [1.82, 2.24) is 20.2 Å². The van der Waals surface area contributed by atoms with Crippen molar-refractivity contribution in [1.29, 1.82) is 0 Å². The summed E-state index contributed by atoms with van der Waals surface area (Å²) < 4.78 is 5.24. The Balaban J connectivity index is 1.76. The Morgan fingerprint density at radius 1 is 1.23 bits per heavy atom. The second-order valence-electron chi connectivity index (χ2n) is 7.68. The molecule has 2 amide bonds. The number of amides is 2. The third-order valence-corrected chi connectivity index (χ3v) is 5.54. The van der Waals surface area contributed by atoms with Crippen LogP contribution in [-0.4, -0.2) is 53.4 Å². The summed E-state index contributed by atoms with van der Waals surface area (Å²) in [5, 5.41) is 2.82. The Morgan fingerprint density at radius 3 is 2.63 bits per heavy atom. The highest BCUT2D eigenvalue weighted by atomic mass is 16.5. The van der Waals surface area contributed by atoms with Gasteiger partial charge in [0.05, 0.1) is 13.5 Å². The minimum absolute atomic E-state index is 0.0000919. The van der Waals surface area contributed by atoms with E-state index in [2.05, 4.69) is 5.32 Å². The molecule has 3 rings (SSSR count). The fraction of sp³-hybridized carbons (Fsp3) is 0.478. The lowest BCUT2D eigenvalue weighted by Gasteiger charge is -2.32. The normalized spacial score (nSPS) is 16.3. The SMILES string of the molecule is CCNC(=O)Cc1c(C)nc(C2CCCN(C(=O)c3cccc(OC)c3)C2)nc1C. The van der Waals surface area contributed by atoms with Gasteiger partial charge in [0.2, 0.25) is 5.91 Å². The van der Waals surface area contributed by atoms with Crippen molar-refractivity contribution in [3.05, 3.63) is 52.6 Å². The molecular weight excluding hydrogens is 380 g/mol. The second kappa shape index (κ2) is 9.69. The molecule has 7 heteroatoms. The van der Waals surface area contributed by atoms with Gasteiger partial charge in [-0.25, -0.2) is 9.97 Å². The Labute approximate surface area is 177 Å². The summed E-state index contributed by atoms with van der Waals surface area (Å²) in [5.41, 5.74) is 3.17. The van der Waals surface area contributed by atoms with Crippen LogP contribution in [0.25, 0.3) is 0 Å². The Hall–Kier alpha value is -2.96. The first-order chi connectivity index (χ1) is 14.4. The number of methoxy groups -OCH3 is 1. The molecule has 1 atom stereocenters. The van der Waals surface area contributed by atoms with Crippen LogP contribution in [-0.2, 0) is 11.2 Å². The minimum atomic E-state index is -0.0206. The van der Waals surface area contributed by atoms with E-state index in [-0.39, 0.29) is 24.2 Å². The van der Waals surface area contributed by atoms with Crippen LogP contribution in [0.15, 0.2) is 24.3 Å². The first-order valence-corrected chi connectivity index (χ1v) is 10.5. The number of nitrogens with zero attached hydrogens (tertiary/aromatic N) is 3. The highest BCUT2D eigenvalue weighted by Gasteiger charge is 2.28. The van der Waals surface area contributed by atoms with Crippen molar-refractivity contribution in [2.75, 3.05) is 26.7 Å². The van der Waals surface area contributed by atoms with Crippen LogP contribution >= 0.6 is 0 Å². The van der Waals surface area contributed by atoms with Crippen LogP contribution in [0.2, 0.25) is 0 Å². The maximum Gasteiger partial charge on any atom is 0.254 e. The molecule has 1 unspecified atom stereocenters. The van der Waals surface area contributed by atoms with Gasteiger partial charge in [-0.1, -0.05) is 6.07 Å². The quantitative estimate of drug-likeness (QED) is 0.792. The predicted octanol–water partition coefficient (Wildman–Crippen LogP) is 2.80. The summed E-state index contributed by atoms with van der Waals surface area (Å²) in [7, 11) is 1.60. The number of nitrogens with one attached hydrogen (secondary N) is 1. The Kier molecular flexibility index (Phi) is 7.03. The van der Waals surface area contributed by atoms with Gasteiger partial charge in [-0.3, -0.25) is 9.59 Å². The summed E-state index contributed by atoms with van der Waals surface area (Å²) >= 11 is 0. The zero-order valence-electron chi connectivity index (χ0n) is 18.2. The van der Waals surface area contributed by atoms with E-state index < -0.39 is 0 Å². The van der Waals surface area contributed by atoms with E-state index in [1.165, 1.54) is 0 Å². The van der Waals surface area contributed by atoms with Crippen LogP contribution in [0, 0.1) is 13.8 Å². The maximum atomic E-state index is 13.0. The molecule has 1 aromatic carbocycles. The van der Waals surface area contributed by atoms with Crippen LogP contribution in [0.1, 0.15) is 58.8 Å². The molecule has 1 fully saturated rings. The van der Waals surface area contributed by atoms with Crippen molar-refractivity contribution in [3.63, 3.8) is 0 Å². The van der Waals surface area contributed by atoms with E-state index in [9.17, 15) is 9.59 Å². The maximum absolute atomic E-state index is 13.0. The van der Waals surface area contributed by atoms with Crippen molar-refractivity contribution < 1.29 is 14.3 Å². The average molecular weight is 411 g/mol. The molecule has 1 N–H and O–H groups in total. The summed E-state index contributed by atoms with van der Waals surface area (Å²) in [6.07, 6.45) is 2.13. The predicted molar refractivity (Wildman–Crippen MR) is 115 cm³/mol. The number of benzene rings is 1. The highest BCUT2D eigenvalue weighted by molar-refractivity contribution is 5.94. The molecule has 0 saturated carbocycles. The molecule has 1 saturated heterocycles. The van der Waals surface area contributed by atoms with Gasteiger partial charge >= 0.3 is 0 Å². The van der Waals surface area contributed by atoms with Gasteiger partial charge in [-0.05, 0) is 51.8 Å². The number of aromatic nitrogens is 2. The summed E-state index contributed by atoms with van der Waals surface area (Å²) in [4.78, 5) is 36.3. The van der Waals surface area contributed by atoms with Crippen LogP contribution in [0.4, 0.5) is 0 Å². The van der Waals surface area contributed by atoms with Gasteiger partial charge in [0, 0.05) is 48.1 Å². The van der Waals surface area contributed by atoms with E-state index in [0.717, 1.165) is 42.2 Å². The number of carbonyl (C=O) groups excluding carboxylic acids is 2. The number of carbonyl (C=O) groups is 2. The van der Waals surface area contributed by atoms with Gasteiger partial charge in [-0.2, -0.15) is 0 Å². The molecule has 7 nitrogen and oxygen atoms in total. The van der Waals surface area contributed by atoms with Crippen LogP contribution in [0.3, 0.4) is 0 Å². The number of likely N-dealkylation sites (tertiary alicyclic amines) is 1. The second-order valence-corrected chi connectivity index (χ2v) is 7.68. The van der Waals surface area contributed by atoms with Gasteiger partial charge in [0.15, 0.2) is 0 Å². The Bertz CT molecular complexity index is 905. The standard InChI is InChI=1S/C23H30N4O3/c1-5-24-21(28)13-20-15(2)25-22(26-16(20)3)18-9-7-11-27(14-18)23(29)17-8-6-10-19(12-17)30-4/h6,8,10,12,18H,5,7,9,11,13-14H2,1-4H3,(H,24,28). The lowest BCUT2D eigenvalue weighted by molar-refractivity contribution is -0.120. The average Bonchev–Trinajstić information content (AvgIpc) is 2.76. The molecule has 0 spiro atoms. The van der Waals surface area contributed by atoms with E-state index in [1.807, 2.05) is 43.9 Å². The number of aryl methyl sites for hydroxylation is 2. The van der Waals surface area contributed by atoms with Gasteiger partial charge in [0.25, 0.3) is 5.91 Å². The van der Waals surface area contributed by atoms with Crippen molar-refractivity contribution in [3.8, 4) is 5.75 Å². The molecule has 0 radical (unpaired) electrons. The summed E-state index contributed by atoms with van der Waals surface area (Å²) in [5.74, 6) is 1.50. The number of piperidine rings is 1. The molecule has 2 heterocycles. The fourth-order valence-electron chi connectivity index (χ4n) is 3.94. The monoisotopic (exact) mass is 410 g/mol. The fourth-order valence-corrected chi connectivity index (χ4v) is 3.94. The van der Waals surface area contributed by atoms with Gasteiger partial charge in [-0.15, -0.1) is 0 Å². The first-order valence-electron chi connectivity index (χ1n) is 10.5. The largest absolute Gasteiger partial charge is 0.497 e. The summed E-state index contributed by atoms with van der Waals surface area (Å²) in [6.45, 7) is 7.67. The number of likely N-dealkylation sites (N-methyl/N-ethyl adjacent to an activating group) is 1. The molecule has 2 aromatic rings. The lowest BCUT2D eigenvalue weighted by atomic mass is 9.95. The first kappa shape index (κ1) is 21.7. The highest BCUT2D eigenvalue weighted by Crippen LogP contribution is 2.27. The van der Waals surface area contributed by atoms with E-state index in [0.29, 0.717) is 24.4 Å². The molecule has 0 bridgehead atoms. The third-order valence-electron chi connectivity index (χ3n) is 5.54. The van der Waals surface area contributed by atoms with E-state index in [1.54, 1.807) is 13.2 Å². The Morgan fingerprint density at radius 2 is 1.97 bits per heavy atom. The van der Waals surface area contributed by atoms with Crippen molar-refractivity contribution >= 4 is 11.8 Å². The molecular formula is C23H30N4O3. The molecule has 1 aliphatic heterocycles. The zero-order chi connectivity index (χ0) is 21.7. The van der Waals surface area contributed by atoms with Gasteiger partial charge < -0.3 is 15.0 Å².